The van der Waals surface area contributed by atoms with E-state index in [0.717, 1.165) is 31.9 Å². The number of anilines is 3. The standard InChI is InChI=1S/C19H25FN8O2/c1-24-6-12-27(13-7-24)23-18-17(28(29)30)19(22-14-21-18)26-10-8-25(9-11-26)16-4-2-15(20)3-5-16/h2-5,14H,6-13H2,1H3,(H,21,22,23). The molecule has 1 N–H and O–H groups in total. The number of benzene rings is 1. The van der Waals surface area contributed by atoms with Gasteiger partial charge in [-0.25, -0.2) is 19.4 Å². The van der Waals surface area contributed by atoms with Crippen molar-refractivity contribution in [1.82, 2.24) is 19.9 Å². The molecule has 0 saturated carbocycles. The van der Waals surface area contributed by atoms with Crippen molar-refractivity contribution in [3.63, 3.8) is 0 Å². The van der Waals surface area contributed by atoms with Crippen LogP contribution < -0.4 is 15.2 Å². The molecule has 2 saturated heterocycles. The molecule has 0 bridgehead atoms. The average Bonchev–Trinajstić information content (AvgIpc) is 2.76. The monoisotopic (exact) mass is 416 g/mol. The number of rotatable bonds is 5. The maximum Gasteiger partial charge on any atom is 0.354 e. The van der Waals surface area contributed by atoms with Crippen molar-refractivity contribution < 1.29 is 9.31 Å². The van der Waals surface area contributed by atoms with Crippen LogP contribution in [0.3, 0.4) is 0 Å². The Balaban J connectivity index is 1.48. The Morgan fingerprint density at radius 3 is 2.23 bits per heavy atom. The maximum absolute atomic E-state index is 13.2. The van der Waals surface area contributed by atoms with Gasteiger partial charge in [0.2, 0.25) is 11.6 Å². The van der Waals surface area contributed by atoms with Gasteiger partial charge in [-0.2, -0.15) is 0 Å². The first-order chi connectivity index (χ1) is 14.5. The minimum atomic E-state index is -0.417. The largest absolute Gasteiger partial charge is 0.368 e. The van der Waals surface area contributed by atoms with Crippen molar-refractivity contribution in [2.24, 2.45) is 0 Å². The summed E-state index contributed by atoms with van der Waals surface area (Å²) in [6, 6.07) is 6.37. The van der Waals surface area contributed by atoms with Gasteiger partial charge in [0, 0.05) is 58.0 Å². The molecule has 1 aromatic heterocycles. The number of hydrazine groups is 1. The van der Waals surface area contributed by atoms with Crippen LogP contribution in [0.5, 0.6) is 0 Å². The molecule has 4 rings (SSSR count). The number of hydrogen-bond acceptors (Lipinski definition) is 9. The first-order valence-electron chi connectivity index (χ1n) is 9.96. The molecule has 0 unspecified atom stereocenters. The molecule has 0 amide bonds. The van der Waals surface area contributed by atoms with Gasteiger partial charge in [0.25, 0.3) is 0 Å². The van der Waals surface area contributed by atoms with E-state index < -0.39 is 4.92 Å². The highest BCUT2D eigenvalue weighted by Crippen LogP contribution is 2.33. The van der Waals surface area contributed by atoms with Crippen molar-refractivity contribution in [1.29, 1.82) is 0 Å². The summed E-state index contributed by atoms with van der Waals surface area (Å²) in [6.07, 6.45) is 1.37. The molecule has 3 heterocycles. The number of nitrogens with zero attached hydrogens (tertiary/aromatic N) is 7. The summed E-state index contributed by atoms with van der Waals surface area (Å²) in [5.41, 5.74) is 3.94. The van der Waals surface area contributed by atoms with Gasteiger partial charge >= 0.3 is 5.69 Å². The van der Waals surface area contributed by atoms with Crippen molar-refractivity contribution in [2.45, 2.75) is 0 Å². The van der Waals surface area contributed by atoms with E-state index in [0.29, 0.717) is 32.0 Å². The van der Waals surface area contributed by atoms with Crippen LogP contribution in [-0.4, -0.2) is 84.2 Å². The Morgan fingerprint density at radius 1 is 0.967 bits per heavy atom. The highest BCUT2D eigenvalue weighted by Gasteiger charge is 2.30. The molecule has 2 aromatic rings. The number of aromatic nitrogens is 2. The third kappa shape index (κ3) is 4.41. The number of nitrogens with one attached hydrogen (secondary N) is 1. The van der Waals surface area contributed by atoms with Crippen LogP contribution in [-0.2, 0) is 0 Å². The van der Waals surface area contributed by atoms with E-state index >= 15 is 0 Å². The summed E-state index contributed by atoms with van der Waals surface area (Å²) in [5.74, 6) is 0.273. The number of halogens is 1. The summed E-state index contributed by atoms with van der Waals surface area (Å²) in [7, 11) is 2.05. The van der Waals surface area contributed by atoms with Crippen LogP contribution in [0.25, 0.3) is 0 Å². The summed E-state index contributed by atoms with van der Waals surface area (Å²) in [4.78, 5) is 26.1. The Bertz CT molecular complexity index is 881. The molecule has 0 aliphatic carbocycles. The lowest BCUT2D eigenvalue weighted by Gasteiger charge is -2.36. The molecular formula is C19H25FN8O2. The fourth-order valence-corrected chi connectivity index (χ4v) is 3.75. The fraction of sp³-hybridized carbons (Fsp3) is 0.474. The third-order valence-electron chi connectivity index (χ3n) is 5.52. The van der Waals surface area contributed by atoms with Gasteiger partial charge in [0.15, 0.2) is 0 Å². The molecular weight excluding hydrogens is 391 g/mol. The minimum absolute atomic E-state index is 0.105. The van der Waals surface area contributed by atoms with E-state index in [1.54, 1.807) is 12.1 Å². The molecule has 0 atom stereocenters. The zero-order chi connectivity index (χ0) is 21.1. The highest BCUT2D eigenvalue weighted by atomic mass is 19.1. The minimum Gasteiger partial charge on any atom is -0.368 e. The van der Waals surface area contributed by atoms with Gasteiger partial charge in [-0.1, -0.05) is 0 Å². The average molecular weight is 416 g/mol. The van der Waals surface area contributed by atoms with E-state index in [-0.39, 0.29) is 17.3 Å². The normalized spacial score (nSPS) is 18.5. The summed E-state index contributed by atoms with van der Waals surface area (Å²) in [5, 5.41) is 13.8. The zero-order valence-corrected chi connectivity index (χ0v) is 16.9. The van der Waals surface area contributed by atoms with Crippen molar-refractivity contribution in [2.75, 3.05) is 74.6 Å². The molecule has 2 fully saturated rings. The van der Waals surface area contributed by atoms with E-state index in [4.69, 9.17) is 0 Å². The van der Waals surface area contributed by atoms with Crippen molar-refractivity contribution in [3.05, 3.63) is 46.5 Å². The van der Waals surface area contributed by atoms with Crippen LogP contribution in [0, 0.1) is 15.9 Å². The molecule has 0 spiro atoms. The van der Waals surface area contributed by atoms with Gasteiger partial charge in [0.1, 0.15) is 12.1 Å². The summed E-state index contributed by atoms with van der Waals surface area (Å²) >= 11 is 0. The molecule has 0 radical (unpaired) electrons. The molecule has 1 aromatic carbocycles. The van der Waals surface area contributed by atoms with Crippen LogP contribution >= 0.6 is 0 Å². The van der Waals surface area contributed by atoms with E-state index in [1.165, 1.54) is 18.5 Å². The summed E-state index contributed by atoms with van der Waals surface area (Å²) < 4.78 is 13.2. The first kappa shape index (κ1) is 20.2. The second-order valence-corrected chi connectivity index (χ2v) is 7.50. The SMILES string of the molecule is CN1CCN(Nc2ncnc(N3CCN(c4ccc(F)cc4)CC3)c2[N+](=O)[O-])CC1. The van der Waals surface area contributed by atoms with Gasteiger partial charge < -0.3 is 14.7 Å². The number of likely N-dealkylation sites (N-methyl/N-ethyl adjacent to an activating group) is 1. The van der Waals surface area contributed by atoms with Gasteiger partial charge in [-0.3, -0.25) is 15.5 Å². The molecule has 10 nitrogen and oxygen atoms in total. The lowest BCUT2D eigenvalue weighted by atomic mass is 10.2. The molecule has 2 aliphatic rings. The summed E-state index contributed by atoms with van der Waals surface area (Å²) in [6.45, 7) is 5.73. The van der Waals surface area contributed by atoms with E-state index in [9.17, 15) is 14.5 Å². The smallest absolute Gasteiger partial charge is 0.354 e. The Kier molecular flexibility index (Phi) is 5.91. The number of piperazine rings is 2. The zero-order valence-electron chi connectivity index (χ0n) is 16.9. The third-order valence-corrected chi connectivity index (χ3v) is 5.52. The van der Waals surface area contributed by atoms with E-state index in [2.05, 4.69) is 25.2 Å². The van der Waals surface area contributed by atoms with E-state index in [1.807, 2.05) is 17.0 Å². The van der Waals surface area contributed by atoms with Crippen molar-refractivity contribution >= 4 is 23.0 Å². The van der Waals surface area contributed by atoms with Crippen LogP contribution in [0.1, 0.15) is 0 Å². The topological polar surface area (TPSA) is 93.9 Å². The molecule has 2 aliphatic heterocycles. The Hall–Kier alpha value is -3.05. The second-order valence-electron chi connectivity index (χ2n) is 7.50. The van der Waals surface area contributed by atoms with Gasteiger partial charge in [-0.05, 0) is 31.3 Å². The fourth-order valence-electron chi connectivity index (χ4n) is 3.75. The predicted octanol–water partition coefficient (Wildman–Crippen LogP) is 1.42. The Morgan fingerprint density at radius 2 is 1.60 bits per heavy atom. The lowest BCUT2D eigenvalue weighted by Crippen LogP contribution is -2.48. The van der Waals surface area contributed by atoms with Crippen LogP contribution in [0.4, 0.5) is 27.4 Å². The first-order valence-corrected chi connectivity index (χ1v) is 9.96. The highest BCUT2D eigenvalue weighted by molar-refractivity contribution is 5.70. The van der Waals surface area contributed by atoms with Crippen molar-refractivity contribution in [3.8, 4) is 0 Å². The number of hydrogen-bond donors (Lipinski definition) is 1. The Labute approximate surface area is 174 Å². The second kappa shape index (κ2) is 8.76. The number of nitro groups is 1. The van der Waals surface area contributed by atoms with Gasteiger partial charge in [0.05, 0.1) is 4.92 Å². The molecule has 30 heavy (non-hydrogen) atoms. The van der Waals surface area contributed by atoms with Crippen LogP contribution in [0.15, 0.2) is 30.6 Å². The quantitative estimate of drug-likeness (QED) is 0.574. The lowest BCUT2D eigenvalue weighted by molar-refractivity contribution is -0.383. The van der Waals surface area contributed by atoms with Crippen LogP contribution in [0.2, 0.25) is 0 Å². The van der Waals surface area contributed by atoms with Gasteiger partial charge in [-0.15, -0.1) is 0 Å². The molecule has 160 valence electrons. The maximum atomic E-state index is 13.2. The molecule has 11 heteroatoms. The predicted molar refractivity (Wildman–Crippen MR) is 112 cm³/mol.